The third-order valence-corrected chi connectivity index (χ3v) is 2.69. The summed E-state index contributed by atoms with van der Waals surface area (Å²) in [5.74, 6) is 0. The van der Waals surface area contributed by atoms with Crippen LogP contribution in [-0.4, -0.2) is 6.61 Å². The molecule has 1 heterocycles. The van der Waals surface area contributed by atoms with Gasteiger partial charge in [0.25, 0.3) is 0 Å². The Morgan fingerprint density at radius 1 is 1.07 bits per heavy atom. The second-order valence-electron chi connectivity index (χ2n) is 3.74. The number of epoxide rings is 1. The highest BCUT2D eigenvalue weighted by molar-refractivity contribution is 5.83. The van der Waals surface area contributed by atoms with Crippen LogP contribution in [0.2, 0.25) is 0 Å². The summed E-state index contributed by atoms with van der Waals surface area (Å²) in [4.78, 5) is 0. The molecule has 1 aliphatic heterocycles. The highest BCUT2D eigenvalue weighted by atomic mass is 16.6. The summed E-state index contributed by atoms with van der Waals surface area (Å²) >= 11 is 0. The molecular weight excluding hydrogens is 174 g/mol. The maximum atomic E-state index is 5.94. The molecule has 2 aromatic rings. The van der Waals surface area contributed by atoms with Crippen LogP contribution in [0.1, 0.15) is 5.56 Å². The van der Waals surface area contributed by atoms with E-state index in [2.05, 4.69) is 24.3 Å². The maximum absolute atomic E-state index is 5.94. The average Bonchev–Trinajstić information content (AvgIpc) is 2.97. The molecule has 1 saturated heterocycles. The van der Waals surface area contributed by atoms with E-state index in [-0.39, 0.29) is 0 Å². The van der Waals surface area contributed by atoms with Crippen molar-refractivity contribution in [2.24, 2.45) is 5.73 Å². The Morgan fingerprint density at radius 2 is 1.79 bits per heavy atom. The molecule has 3 rings (SSSR count). The van der Waals surface area contributed by atoms with Crippen LogP contribution in [0.15, 0.2) is 42.5 Å². The van der Waals surface area contributed by atoms with Gasteiger partial charge in [-0.15, -0.1) is 0 Å². The largest absolute Gasteiger partial charge is 0.349 e. The van der Waals surface area contributed by atoms with Crippen LogP contribution in [0, 0.1) is 0 Å². The zero-order valence-electron chi connectivity index (χ0n) is 7.73. The fraction of sp³-hybridized carbons (Fsp3) is 0.167. The highest BCUT2D eigenvalue weighted by Crippen LogP contribution is 2.33. The monoisotopic (exact) mass is 185 g/mol. The van der Waals surface area contributed by atoms with Crippen LogP contribution < -0.4 is 5.73 Å². The highest BCUT2D eigenvalue weighted by Gasteiger charge is 2.42. The van der Waals surface area contributed by atoms with Gasteiger partial charge in [-0.25, -0.2) is 0 Å². The van der Waals surface area contributed by atoms with Gasteiger partial charge in [-0.05, 0) is 16.8 Å². The van der Waals surface area contributed by atoms with E-state index in [0.717, 1.165) is 5.56 Å². The smallest absolute Gasteiger partial charge is 0.166 e. The first-order chi connectivity index (χ1) is 6.78. The number of benzene rings is 2. The first-order valence-electron chi connectivity index (χ1n) is 4.70. The molecule has 2 aromatic carbocycles. The lowest BCUT2D eigenvalue weighted by atomic mass is 10.0. The number of hydrogen-bond acceptors (Lipinski definition) is 2. The molecule has 1 unspecified atom stereocenters. The molecule has 1 aliphatic rings. The zero-order chi connectivity index (χ0) is 9.60. The summed E-state index contributed by atoms with van der Waals surface area (Å²) in [5.41, 5.74) is 6.49. The Balaban J connectivity index is 2.20. The Kier molecular flexibility index (Phi) is 1.46. The van der Waals surface area contributed by atoms with Gasteiger partial charge in [-0.2, -0.15) is 0 Å². The van der Waals surface area contributed by atoms with Gasteiger partial charge in [-0.1, -0.05) is 36.4 Å². The molecule has 0 aliphatic carbocycles. The fourth-order valence-electron chi connectivity index (χ4n) is 1.70. The Morgan fingerprint density at radius 3 is 2.50 bits per heavy atom. The molecule has 1 fully saturated rings. The normalized spacial score (nSPS) is 25.2. The van der Waals surface area contributed by atoms with Gasteiger partial charge < -0.3 is 4.74 Å². The summed E-state index contributed by atoms with van der Waals surface area (Å²) in [6, 6.07) is 14.5. The van der Waals surface area contributed by atoms with Crippen molar-refractivity contribution < 1.29 is 4.74 Å². The lowest BCUT2D eigenvalue weighted by Gasteiger charge is -2.06. The summed E-state index contributed by atoms with van der Waals surface area (Å²) in [7, 11) is 0. The molecule has 1 atom stereocenters. The van der Waals surface area contributed by atoms with Gasteiger partial charge in [0.1, 0.15) is 0 Å². The van der Waals surface area contributed by atoms with Crippen molar-refractivity contribution in [3.63, 3.8) is 0 Å². The van der Waals surface area contributed by atoms with Crippen molar-refractivity contribution in [1.82, 2.24) is 0 Å². The second kappa shape index (κ2) is 2.56. The molecule has 0 saturated carbocycles. The van der Waals surface area contributed by atoms with E-state index >= 15 is 0 Å². The van der Waals surface area contributed by atoms with Crippen molar-refractivity contribution in [1.29, 1.82) is 0 Å². The number of fused-ring (bicyclic) bond motifs is 1. The van der Waals surface area contributed by atoms with Crippen LogP contribution in [0.4, 0.5) is 0 Å². The van der Waals surface area contributed by atoms with E-state index in [4.69, 9.17) is 10.5 Å². The van der Waals surface area contributed by atoms with Crippen LogP contribution >= 0.6 is 0 Å². The van der Waals surface area contributed by atoms with E-state index in [1.54, 1.807) is 0 Å². The topological polar surface area (TPSA) is 38.5 Å². The van der Waals surface area contributed by atoms with E-state index in [9.17, 15) is 0 Å². The first-order valence-corrected chi connectivity index (χ1v) is 4.70. The predicted octanol–water partition coefficient (Wildman–Crippen LogP) is 1.98. The Bertz CT molecular complexity index is 488. The fourth-order valence-corrected chi connectivity index (χ4v) is 1.70. The van der Waals surface area contributed by atoms with Crippen molar-refractivity contribution in [3.05, 3.63) is 48.0 Å². The van der Waals surface area contributed by atoms with E-state index in [0.29, 0.717) is 6.61 Å². The quantitative estimate of drug-likeness (QED) is 0.690. The van der Waals surface area contributed by atoms with Crippen LogP contribution in [0.5, 0.6) is 0 Å². The van der Waals surface area contributed by atoms with Gasteiger partial charge in [-0.3, -0.25) is 5.73 Å². The molecule has 2 nitrogen and oxygen atoms in total. The molecule has 2 heteroatoms. The van der Waals surface area contributed by atoms with Crippen LogP contribution in [-0.2, 0) is 10.5 Å². The maximum Gasteiger partial charge on any atom is 0.166 e. The third kappa shape index (κ3) is 1.12. The molecule has 2 N–H and O–H groups in total. The molecular formula is C12H11NO. The lowest BCUT2D eigenvalue weighted by Crippen LogP contribution is -2.20. The van der Waals surface area contributed by atoms with Gasteiger partial charge in [0.15, 0.2) is 5.72 Å². The summed E-state index contributed by atoms with van der Waals surface area (Å²) in [5, 5.41) is 2.45. The second-order valence-corrected chi connectivity index (χ2v) is 3.74. The average molecular weight is 185 g/mol. The molecule has 0 bridgehead atoms. The van der Waals surface area contributed by atoms with E-state index < -0.39 is 5.72 Å². The van der Waals surface area contributed by atoms with Crippen molar-refractivity contribution >= 4 is 10.8 Å². The molecule has 0 amide bonds. The lowest BCUT2D eigenvalue weighted by molar-refractivity contribution is 0.316. The van der Waals surface area contributed by atoms with Gasteiger partial charge in [0, 0.05) is 5.56 Å². The molecule has 0 radical (unpaired) electrons. The summed E-state index contributed by atoms with van der Waals surface area (Å²) in [6.45, 7) is 0.630. The Hall–Kier alpha value is -1.38. The van der Waals surface area contributed by atoms with Crippen LogP contribution in [0.3, 0.4) is 0 Å². The first kappa shape index (κ1) is 7.97. The summed E-state index contributed by atoms with van der Waals surface area (Å²) in [6.07, 6.45) is 0. The van der Waals surface area contributed by atoms with Crippen LogP contribution in [0.25, 0.3) is 10.8 Å². The summed E-state index contributed by atoms with van der Waals surface area (Å²) < 4.78 is 5.21. The minimum Gasteiger partial charge on any atom is -0.349 e. The van der Waals surface area contributed by atoms with Crippen molar-refractivity contribution in [2.75, 3.05) is 6.61 Å². The number of nitrogens with two attached hydrogens (primary N) is 1. The molecule has 70 valence electrons. The number of rotatable bonds is 1. The zero-order valence-corrected chi connectivity index (χ0v) is 7.73. The van der Waals surface area contributed by atoms with Gasteiger partial charge in [0.05, 0.1) is 6.61 Å². The standard InChI is InChI=1S/C12H11NO/c13-12(8-14-12)11-6-5-9-3-1-2-4-10(9)7-11/h1-7H,8,13H2. The van der Waals surface area contributed by atoms with Gasteiger partial charge >= 0.3 is 0 Å². The minimum absolute atomic E-state index is 0.510. The van der Waals surface area contributed by atoms with E-state index in [1.807, 2.05) is 18.2 Å². The number of ether oxygens (including phenoxy) is 1. The van der Waals surface area contributed by atoms with E-state index in [1.165, 1.54) is 10.8 Å². The SMILES string of the molecule is NC1(c2ccc3ccccc3c2)CO1. The molecule has 14 heavy (non-hydrogen) atoms. The molecule has 0 aromatic heterocycles. The van der Waals surface area contributed by atoms with Gasteiger partial charge in [0.2, 0.25) is 0 Å². The predicted molar refractivity (Wildman–Crippen MR) is 55.8 cm³/mol. The van der Waals surface area contributed by atoms with Crippen molar-refractivity contribution in [3.8, 4) is 0 Å². The third-order valence-electron chi connectivity index (χ3n) is 2.69. The minimum atomic E-state index is -0.510. The Labute approximate surface area is 82.3 Å². The van der Waals surface area contributed by atoms with Crippen molar-refractivity contribution in [2.45, 2.75) is 5.72 Å². The number of hydrogen-bond donors (Lipinski definition) is 1. The molecule has 0 spiro atoms.